The minimum atomic E-state index is -4.04. The number of carbonyl (C=O) groups is 2. The van der Waals surface area contributed by atoms with E-state index >= 15 is 0 Å². The van der Waals surface area contributed by atoms with E-state index in [-0.39, 0.29) is 51.0 Å². The minimum absolute atomic E-state index is 0.0638. The minimum Gasteiger partial charge on any atom is -0.390 e. The highest BCUT2D eigenvalue weighted by molar-refractivity contribution is 7.87. The fraction of sp³-hybridized carbons (Fsp3) is 0.590. The smallest absolute Gasteiger partial charge is 0.280 e. The van der Waals surface area contributed by atoms with Gasteiger partial charge in [0.25, 0.3) is 10.2 Å². The van der Waals surface area contributed by atoms with E-state index in [0.717, 1.165) is 37.7 Å². The van der Waals surface area contributed by atoms with Crippen LogP contribution < -0.4 is 15.4 Å². The summed E-state index contributed by atoms with van der Waals surface area (Å²) in [6.07, 6.45) is 5.30. The van der Waals surface area contributed by atoms with Gasteiger partial charge in [-0.25, -0.2) is 0 Å². The van der Waals surface area contributed by atoms with E-state index in [4.69, 9.17) is 4.74 Å². The van der Waals surface area contributed by atoms with Crippen LogP contribution in [0.3, 0.4) is 0 Å². The van der Waals surface area contributed by atoms with Crippen molar-refractivity contribution in [3.63, 3.8) is 0 Å². The number of morpholine rings is 1. The highest BCUT2D eigenvalue weighted by Crippen LogP contribution is 2.34. The molecule has 1 heterocycles. The second-order valence-electron chi connectivity index (χ2n) is 14.6. The molecule has 4 rings (SSSR count). The lowest BCUT2D eigenvalue weighted by atomic mass is 9.76. The molecular formula is C39H58N4O7S. The maximum atomic E-state index is 13.9. The van der Waals surface area contributed by atoms with Gasteiger partial charge >= 0.3 is 0 Å². The van der Waals surface area contributed by atoms with Crippen LogP contribution in [-0.2, 0) is 37.4 Å². The van der Waals surface area contributed by atoms with Crippen LogP contribution in [0.15, 0.2) is 73.3 Å². The number of ether oxygens (including phenoxy) is 1. The van der Waals surface area contributed by atoms with Crippen LogP contribution in [0.25, 0.3) is 0 Å². The number of hydrogen-bond acceptors (Lipinski definition) is 7. The molecule has 12 heteroatoms. The Kier molecular flexibility index (Phi) is 16.1. The standard InChI is InChI=1S/C39H58N4O7S/c1-4-11-33(40-39(47)35(27-30-14-9-6-10-15-30)42-51(48,49)43-20-22-50-23-21-43)38(46)41-34(37(45)36(44)24-28(2)3)26-32-18-16-31(17-19-32)25-29-12-7-5-8-13-29/h4-10,12-15,28,31-37,42,44-45H,1,11,16-27H2,2-3H3,(H,40,47)(H,41,46)/t31?,32?,33?,34-,35-,36-,37+/m0/s1. The van der Waals surface area contributed by atoms with E-state index in [1.165, 1.54) is 15.9 Å². The number of amides is 2. The predicted octanol–water partition coefficient (Wildman–Crippen LogP) is 3.52. The van der Waals surface area contributed by atoms with Crippen molar-refractivity contribution in [3.05, 3.63) is 84.4 Å². The molecule has 51 heavy (non-hydrogen) atoms. The van der Waals surface area contributed by atoms with Crippen molar-refractivity contribution in [2.24, 2.45) is 17.8 Å². The van der Waals surface area contributed by atoms with Crippen LogP contribution in [0.2, 0.25) is 0 Å². The molecule has 5 N–H and O–H groups in total. The third-order valence-corrected chi connectivity index (χ3v) is 11.6. The zero-order valence-corrected chi connectivity index (χ0v) is 31.0. The molecule has 1 aliphatic heterocycles. The Balaban J connectivity index is 1.46. The Hall–Kier alpha value is -3.13. The lowest BCUT2D eigenvalue weighted by Crippen LogP contribution is -2.59. The first-order valence-electron chi connectivity index (χ1n) is 18.5. The van der Waals surface area contributed by atoms with Gasteiger partial charge in [-0.3, -0.25) is 9.59 Å². The number of aliphatic hydroxyl groups is 2. The highest BCUT2D eigenvalue weighted by atomic mass is 32.2. The summed E-state index contributed by atoms with van der Waals surface area (Å²) in [4.78, 5) is 27.8. The number of nitrogens with one attached hydrogen (secondary N) is 3. The number of rotatable bonds is 19. The van der Waals surface area contributed by atoms with Crippen LogP contribution in [0.1, 0.15) is 69.9 Å². The monoisotopic (exact) mass is 726 g/mol. The lowest BCUT2D eigenvalue weighted by molar-refractivity contribution is -0.131. The zero-order chi connectivity index (χ0) is 36.8. The second kappa shape index (κ2) is 20.2. The number of hydrogen-bond donors (Lipinski definition) is 5. The van der Waals surface area contributed by atoms with Crippen LogP contribution in [0, 0.1) is 17.8 Å². The molecule has 1 saturated carbocycles. The van der Waals surface area contributed by atoms with Crippen LogP contribution in [0.4, 0.5) is 0 Å². The first-order chi connectivity index (χ1) is 24.4. The van der Waals surface area contributed by atoms with Crippen molar-refractivity contribution >= 4 is 22.0 Å². The molecule has 1 aliphatic carbocycles. The lowest BCUT2D eigenvalue weighted by Gasteiger charge is -2.35. The molecule has 2 aromatic rings. The Morgan fingerprint density at radius 2 is 1.45 bits per heavy atom. The van der Waals surface area contributed by atoms with Gasteiger partial charge in [-0.15, -0.1) is 6.58 Å². The summed E-state index contributed by atoms with van der Waals surface area (Å²) in [6, 6.07) is 16.5. The molecule has 11 nitrogen and oxygen atoms in total. The van der Waals surface area contributed by atoms with E-state index in [1.54, 1.807) is 12.1 Å². The van der Waals surface area contributed by atoms with Crippen molar-refractivity contribution < 1.29 is 33.0 Å². The summed E-state index contributed by atoms with van der Waals surface area (Å²) in [5, 5.41) is 28.1. The van der Waals surface area contributed by atoms with Crippen molar-refractivity contribution in [1.29, 1.82) is 0 Å². The van der Waals surface area contributed by atoms with Gasteiger partial charge in [0.2, 0.25) is 11.8 Å². The highest BCUT2D eigenvalue weighted by Gasteiger charge is 2.36. The van der Waals surface area contributed by atoms with Gasteiger partial charge in [-0.1, -0.05) is 93.4 Å². The third kappa shape index (κ3) is 13.1. The zero-order valence-electron chi connectivity index (χ0n) is 30.2. The molecule has 1 unspecified atom stereocenters. The summed E-state index contributed by atoms with van der Waals surface area (Å²) < 4.78 is 35.8. The van der Waals surface area contributed by atoms with E-state index in [2.05, 4.69) is 46.2 Å². The number of carbonyl (C=O) groups excluding carboxylic acids is 2. The topological polar surface area (TPSA) is 157 Å². The van der Waals surface area contributed by atoms with Gasteiger partial charge in [0.1, 0.15) is 18.2 Å². The first kappa shape index (κ1) is 40.6. The number of benzene rings is 2. The molecule has 282 valence electrons. The molecule has 2 fully saturated rings. The maximum absolute atomic E-state index is 13.9. The molecule has 2 aliphatic rings. The van der Waals surface area contributed by atoms with Crippen molar-refractivity contribution in [1.82, 2.24) is 19.7 Å². The van der Waals surface area contributed by atoms with Crippen molar-refractivity contribution in [2.75, 3.05) is 26.3 Å². The molecule has 0 radical (unpaired) electrons. The molecule has 0 aromatic heterocycles. The second-order valence-corrected chi connectivity index (χ2v) is 16.3. The predicted molar refractivity (Wildman–Crippen MR) is 199 cm³/mol. The largest absolute Gasteiger partial charge is 0.390 e. The van der Waals surface area contributed by atoms with Crippen LogP contribution in [-0.4, -0.2) is 91.4 Å². The molecule has 0 bridgehead atoms. The van der Waals surface area contributed by atoms with Gasteiger partial charge in [-0.2, -0.15) is 17.4 Å². The van der Waals surface area contributed by atoms with Gasteiger partial charge in [0.15, 0.2) is 0 Å². The van der Waals surface area contributed by atoms with Gasteiger partial charge in [0.05, 0.1) is 25.4 Å². The van der Waals surface area contributed by atoms with Crippen LogP contribution in [0.5, 0.6) is 0 Å². The summed E-state index contributed by atoms with van der Waals surface area (Å²) in [6.45, 7) is 8.55. The Morgan fingerprint density at radius 3 is 2.04 bits per heavy atom. The van der Waals surface area contributed by atoms with E-state index < -0.39 is 52.4 Å². The first-order valence-corrected chi connectivity index (χ1v) is 19.9. The van der Waals surface area contributed by atoms with Gasteiger partial charge < -0.3 is 25.6 Å². The summed E-state index contributed by atoms with van der Waals surface area (Å²) in [5.41, 5.74) is 2.07. The number of aliphatic hydroxyl groups excluding tert-OH is 2. The molecule has 0 spiro atoms. The molecular weight excluding hydrogens is 669 g/mol. The van der Waals surface area contributed by atoms with E-state index in [1.807, 2.05) is 38.1 Å². The SMILES string of the molecule is C=CCC(NC(=O)[C@H](Cc1ccccc1)NS(=O)(=O)N1CCOCC1)C(=O)N[C@@H](CC1CCC(Cc2ccccc2)CC1)[C@@H](O)[C@@H](O)CC(C)C. The Bertz CT molecular complexity index is 1460. The molecule has 1 saturated heterocycles. The quantitative estimate of drug-likeness (QED) is 0.139. The fourth-order valence-corrected chi connectivity index (χ4v) is 8.51. The van der Waals surface area contributed by atoms with Gasteiger partial charge in [0, 0.05) is 13.1 Å². The molecule has 2 amide bonds. The average molecular weight is 727 g/mol. The van der Waals surface area contributed by atoms with E-state index in [9.17, 15) is 28.2 Å². The Labute approximate surface area is 304 Å². The van der Waals surface area contributed by atoms with Crippen molar-refractivity contribution in [2.45, 2.75) is 102 Å². The third-order valence-electron chi connectivity index (χ3n) is 10.0. The normalized spacial score (nSPS) is 21.6. The van der Waals surface area contributed by atoms with Gasteiger partial charge in [-0.05, 0) is 73.8 Å². The van der Waals surface area contributed by atoms with Crippen molar-refractivity contribution in [3.8, 4) is 0 Å². The van der Waals surface area contributed by atoms with E-state index in [0.29, 0.717) is 18.8 Å². The van der Waals surface area contributed by atoms with Crippen LogP contribution >= 0.6 is 0 Å². The summed E-state index contributed by atoms with van der Waals surface area (Å²) in [7, 11) is -4.04. The summed E-state index contributed by atoms with van der Waals surface area (Å²) >= 11 is 0. The average Bonchev–Trinajstić information content (AvgIpc) is 3.12. The maximum Gasteiger partial charge on any atom is 0.280 e. The number of nitrogens with zero attached hydrogens (tertiary/aromatic N) is 1. The summed E-state index contributed by atoms with van der Waals surface area (Å²) in [5.74, 6) is -0.233. The molecule has 2 aromatic carbocycles. The Morgan fingerprint density at radius 1 is 0.882 bits per heavy atom. The molecule has 5 atom stereocenters. The fourth-order valence-electron chi connectivity index (χ4n) is 7.18.